The van der Waals surface area contributed by atoms with Crippen LogP contribution in [0.5, 0.6) is 0 Å². The standard InChI is InChI=1S/C13H19N3S/c1-9(2)12-8-17-13(16-12)15-7-11-6-14-5-4-10(11)3/h4-6,9,12H,7-8H2,1-3H3,(H,15,16)/t12-/m1/s1. The van der Waals surface area contributed by atoms with Crippen LogP contribution in [-0.4, -0.2) is 21.9 Å². The summed E-state index contributed by atoms with van der Waals surface area (Å²) >= 11 is 1.82. The minimum atomic E-state index is 0.564. The van der Waals surface area contributed by atoms with Crippen molar-refractivity contribution in [2.24, 2.45) is 10.9 Å². The van der Waals surface area contributed by atoms with Crippen molar-refractivity contribution < 1.29 is 0 Å². The highest BCUT2D eigenvalue weighted by atomic mass is 32.2. The van der Waals surface area contributed by atoms with Gasteiger partial charge in [-0.1, -0.05) is 25.6 Å². The Hall–Kier alpha value is -1.03. The highest BCUT2D eigenvalue weighted by Gasteiger charge is 2.22. The molecule has 3 nitrogen and oxygen atoms in total. The molecule has 0 saturated carbocycles. The van der Waals surface area contributed by atoms with Gasteiger partial charge in [-0.25, -0.2) is 0 Å². The second-order valence-electron chi connectivity index (χ2n) is 4.73. The molecule has 0 unspecified atom stereocenters. The zero-order chi connectivity index (χ0) is 12.3. The van der Waals surface area contributed by atoms with Crippen LogP contribution >= 0.6 is 11.8 Å². The molecule has 0 radical (unpaired) electrons. The summed E-state index contributed by atoms with van der Waals surface area (Å²) in [7, 11) is 0. The van der Waals surface area contributed by atoms with E-state index in [2.05, 4.69) is 36.1 Å². The molecule has 92 valence electrons. The van der Waals surface area contributed by atoms with Crippen molar-refractivity contribution in [3.63, 3.8) is 0 Å². The first-order valence-electron chi connectivity index (χ1n) is 6.00. The van der Waals surface area contributed by atoms with Crippen LogP contribution in [0.1, 0.15) is 25.0 Å². The molecule has 17 heavy (non-hydrogen) atoms. The maximum atomic E-state index is 4.62. The van der Waals surface area contributed by atoms with Gasteiger partial charge in [0.25, 0.3) is 0 Å². The van der Waals surface area contributed by atoms with Crippen LogP contribution in [-0.2, 0) is 6.54 Å². The lowest BCUT2D eigenvalue weighted by Crippen LogP contribution is -2.31. The molecule has 4 heteroatoms. The first-order valence-corrected chi connectivity index (χ1v) is 6.98. The van der Waals surface area contributed by atoms with Crippen molar-refractivity contribution in [3.8, 4) is 0 Å². The van der Waals surface area contributed by atoms with E-state index in [1.54, 1.807) is 0 Å². The predicted octanol–water partition coefficient (Wildman–Crippen LogP) is 2.61. The van der Waals surface area contributed by atoms with Crippen LogP contribution in [0.3, 0.4) is 0 Å². The van der Waals surface area contributed by atoms with Crippen LogP contribution in [0, 0.1) is 12.8 Å². The van der Waals surface area contributed by atoms with Crippen LogP contribution < -0.4 is 5.32 Å². The van der Waals surface area contributed by atoms with Crippen molar-refractivity contribution in [1.29, 1.82) is 0 Å². The van der Waals surface area contributed by atoms with E-state index >= 15 is 0 Å². The highest BCUT2D eigenvalue weighted by molar-refractivity contribution is 8.14. The quantitative estimate of drug-likeness (QED) is 0.894. The van der Waals surface area contributed by atoms with Gasteiger partial charge in [0, 0.05) is 24.2 Å². The summed E-state index contributed by atoms with van der Waals surface area (Å²) in [6, 6.07) is 2.59. The van der Waals surface area contributed by atoms with E-state index in [4.69, 9.17) is 0 Å². The largest absolute Gasteiger partial charge is 0.361 e. The number of aromatic nitrogens is 1. The topological polar surface area (TPSA) is 37.3 Å². The second-order valence-corrected chi connectivity index (χ2v) is 5.74. The molecule has 0 aromatic carbocycles. The third-order valence-electron chi connectivity index (χ3n) is 3.05. The number of hydrogen-bond donors (Lipinski definition) is 1. The molecule has 1 atom stereocenters. The third-order valence-corrected chi connectivity index (χ3v) is 4.10. The van der Waals surface area contributed by atoms with Gasteiger partial charge in [-0.05, 0) is 30.0 Å². The fourth-order valence-electron chi connectivity index (χ4n) is 1.68. The SMILES string of the molecule is Cc1ccncc1CN=C1N[C@@H](C(C)C)CS1. The number of amidine groups is 1. The Kier molecular flexibility index (Phi) is 4.05. The number of nitrogens with one attached hydrogen (secondary N) is 1. The molecule has 1 N–H and O–H groups in total. The molecular formula is C13H19N3S. The Balaban J connectivity index is 1.96. The maximum absolute atomic E-state index is 4.62. The van der Waals surface area contributed by atoms with Crippen LogP contribution in [0.4, 0.5) is 0 Å². The Morgan fingerprint density at radius 2 is 2.41 bits per heavy atom. The monoisotopic (exact) mass is 249 g/mol. The van der Waals surface area contributed by atoms with E-state index in [1.165, 1.54) is 11.1 Å². The summed E-state index contributed by atoms with van der Waals surface area (Å²) in [5.41, 5.74) is 2.46. The lowest BCUT2D eigenvalue weighted by Gasteiger charge is -2.13. The fourth-order valence-corrected chi connectivity index (χ4v) is 2.88. The number of nitrogens with zero attached hydrogens (tertiary/aromatic N) is 2. The van der Waals surface area contributed by atoms with Gasteiger partial charge in [0.1, 0.15) is 0 Å². The second kappa shape index (κ2) is 5.54. The first kappa shape index (κ1) is 12.4. The Morgan fingerprint density at radius 3 is 3.06 bits per heavy atom. The lowest BCUT2D eigenvalue weighted by atomic mass is 10.1. The van der Waals surface area contributed by atoms with Gasteiger partial charge >= 0.3 is 0 Å². The minimum absolute atomic E-state index is 0.564. The minimum Gasteiger partial charge on any atom is -0.361 e. The normalized spacial score (nSPS) is 22.1. The van der Waals surface area contributed by atoms with Crippen LogP contribution in [0.25, 0.3) is 0 Å². The van der Waals surface area contributed by atoms with E-state index in [9.17, 15) is 0 Å². The summed E-state index contributed by atoms with van der Waals surface area (Å²) in [5, 5.41) is 4.55. The van der Waals surface area contributed by atoms with Gasteiger partial charge in [0.15, 0.2) is 5.17 Å². The maximum Gasteiger partial charge on any atom is 0.157 e. The van der Waals surface area contributed by atoms with Gasteiger partial charge in [-0.2, -0.15) is 0 Å². The molecule has 2 rings (SSSR count). The summed E-state index contributed by atoms with van der Waals surface area (Å²) in [6.45, 7) is 7.31. The van der Waals surface area contributed by atoms with Crippen molar-refractivity contribution in [2.45, 2.75) is 33.4 Å². The average molecular weight is 249 g/mol. The number of aryl methyl sites for hydroxylation is 1. The summed E-state index contributed by atoms with van der Waals surface area (Å²) in [5.74, 6) is 1.79. The van der Waals surface area contributed by atoms with Gasteiger partial charge in [0.05, 0.1) is 6.54 Å². The average Bonchev–Trinajstić information content (AvgIpc) is 2.77. The third kappa shape index (κ3) is 3.22. The van der Waals surface area contributed by atoms with Crippen LogP contribution in [0.2, 0.25) is 0 Å². The molecule has 0 aliphatic carbocycles. The zero-order valence-corrected chi connectivity index (χ0v) is 11.4. The molecule has 0 bridgehead atoms. The Morgan fingerprint density at radius 1 is 1.59 bits per heavy atom. The molecular weight excluding hydrogens is 230 g/mol. The number of aliphatic imine (C=N–C) groups is 1. The summed E-state index contributed by atoms with van der Waals surface area (Å²) in [4.78, 5) is 8.75. The van der Waals surface area contributed by atoms with E-state index < -0.39 is 0 Å². The molecule has 0 spiro atoms. The number of hydrogen-bond acceptors (Lipinski definition) is 3. The van der Waals surface area contributed by atoms with Gasteiger partial charge < -0.3 is 5.32 Å². The summed E-state index contributed by atoms with van der Waals surface area (Å²) < 4.78 is 0. The predicted molar refractivity (Wildman–Crippen MR) is 74.3 cm³/mol. The summed E-state index contributed by atoms with van der Waals surface area (Å²) in [6.07, 6.45) is 3.72. The highest BCUT2D eigenvalue weighted by Crippen LogP contribution is 2.19. The Bertz CT molecular complexity index is 415. The number of rotatable bonds is 3. The first-order chi connectivity index (χ1) is 8.16. The van der Waals surface area contributed by atoms with Gasteiger partial charge in [-0.15, -0.1) is 0 Å². The molecule has 1 aliphatic rings. The molecule has 1 aromatic heterocycles. The van der Waals surface area contributed by atoms with E-state index in [0.29, 0.717) is 12.0 Å². The Labute approximate surface area is 107 Å². The molecule has 2 heterocycles. The zero-order valence-electron chi connectivity index (χ0n) is 10.6. The van der Waals surface area contributed by atoms with E-state index in [-0.39, 0.29) is 0 Å². The van der Waals surface area contributed by atoms with Crippen molar-refractivity contribution >= 4 is 16.9 Å². The van der Waals surface area contributed by atoms with Crippen molar-refractivity contribution in [2.75, 3.05) is 5.75 Å². The van der Waals surface area contributed by atoms with Crippen molar-refractivity contribution in [3.05, 3.63) is 29.6 Å². The molecule has 1 aromatic rings. The van der Waals surface area contributed by atoms with E-state index in [1.807, 2.05) is 30.2 Å². The van der Waals surface area contributed by atoms with E-state index in [0.717, 1.165) is 17.5 Å². The molecule has 1 aliphatic heterocycles. The number of pyridine rings is 1. The molecule has 1 saturated heterocycles. The smallest absolute Gasteiger partial charge is 0.157 e. The molecule has 0 amide bonds. The van der Waals surface area contributed by atoms with Gasteiger partial charge in [0.2, 0.25) is 0 Å². The van der Waals surface area contributed by atoms with Crippen LogP contribution in [0.15, 0.2) is 23.5 Å². The van der Waals surface area contributed by atoms with Crippen molar-refractivity contribution in [1.82, 2.24) is 10.3 Å². The fraction of sp³-hybridized carbons (Fsp3) is 0.538. The molecule has 1 fully saturated rings. The number of thioether (sulfide) groups is 1. The van der Waals surface area contributed by atoms with Gasteiger partial charge in [-0.3, -0.25) is 9.98 Å². The lowest BCUT2D eigenvalue weighted by molar-refractivity contribution is 0.503.